The summed E-state index contributed by atoms with van der Waals surface area (Å²) in [6.07, 6.45) is 3.36. The van der Waals surface area contributed by atoms with Crippen molar-refractivity contribution >= 4 is 17.6 Å². The van der Waals surface area contributed by atoms with Gasteiger partial charge in [-0.3, -0.25) is 4.79 Å². The Kier molecular flexibility index (Phi) is 7.50. The van der Waals surface area contributed by atoms with E-state index in [0.29, 0.717) is 40.7 Å². The van der Waals surface area contributed by atoms with Crippen LogP contribution < -0.4 is 10.1 Å². The molecule has 2 N–H and O–H groups in total. The molecule has 2 aromatic rings. The van der Waals surface area contributed by atoms with Crippen LogP contribution in [0, 0.1) is 37.5 Å². The number of aryl methyl sites for hydroxylation is 2. The summed E-state index contributed by atoms with van der Waals surface area (Å²) >= 11 is 0. The number of ether oxygens (including phenoxy) is 1. The van der Waals surface area contributed by atoms with Crippen LogP contribution in [-0.2, 0) is 0 Å². The number of aliphatic hydroxyl groups excluding tert-OH is 1. The first-order chi connectivity index (χ1) is 17.2. The molecule has 0 saturated heterocycles. The first-order valence-corrected chi connectivity index (χ1v) is 12.2. The van der Waals surface area contributed by atoms with E-state index in [1.165, 1.54) is 4.90 Å². The third-order valence-electron chi connectivity index (χ3n) is 6.58. The van der Waals surface area contributed by atoms with E-state index in [9.17, 15) is 14.7 Å². The fourth-order valence-corrected chi connectivity index (χ4v) is 4.02. The fourth-order valence-electron chi connectivity index (χ4n) is 4.02. The molecule has 0 radical (unpaired) electrons. The molecule has 10 nitrogen and oxygen atoms in total. The molecule has 3 amide bonds. The topological polar surface area (TPSA) is 121 Å². The highest BCUT2D eigenvalue weighted by Gasteiger charge is 2.35. The largest absolute Gasteiger partial charge is 0.472 e. The van der Waals surface area contributed by atoms with Crippen molar-refractivity contribution in [2.24, 2.45) is 11.8 Å². The van der Waals surface area contributed by atoms with Crippen molar-refractivity contribution in [2.75, 3.05) is 32.1 Å². The van der Waals surface area contributed by atoms with Gasteiger partial charge in [-0.15, -0.1) is 0 Å². The highest BCUT2D eigenvalue weighted by molar-refractivity contribution is 5.97. The van der Waals surface area contributed by atoms with Gasteiger partial charge in [0.15, 0.2) is 5.76 Å². The lowest BCUT2D eigenvalue weighted by atomic mass is 10.00. The van der Waals surface area contributed by atoms with Gasteiger partial charge in [-0.05, 0) is 39.7 Å². The number of amides is 3. The van der Waals surface area contributed by atoms with E-state index in [1.807, 2.05) is 6.92 Å². The summed E-state index contributed by atoms with van der Waals surface area (Å²) in [5.41, 5.74) is 2.09. The maximum atomic E-state index is 13.5. The molecule has 0 spiro atoms. The number of hydrogen-bond acceptors (Lipinski definition) is 7. The number of aliphatic hydroxyl groups is 1. The molecule has 1 fully saturated rings. The van der Waals surface area contributed by atoms with Crippen LogP contribution in [0.2, 0.25) is 0 Å². The molecule has 3 heterocycles. The molecule has 192 valence electrons. The van der Waals surface area contributed by atoms with Crippen molar-refractivity contribution < 1.29 is 24.0 Å². The van der Waals surface area contributed by atoms with Crippen LogP contribution >= 0.6 is 0 Å². The molecule has 1 saturated carbocycles. The van der Waals surface area contributed by atoms with Gasteiger partial charge in [0.05, 0.1) is 19.2 Å². The predicted molar refractivity (Wildman–Crippen MR) is 133 cm³/mol. The monoisotopic (exact) mass is 495 g/mol. The second kappa shape index (κ2) is 10.6. The zero-order chi connectivity index (χ0) is 26.0. The van der Waals surface area contributed by atoms with E-state index in [2.05, 4.69) is 27.3 Å². The highest BCUT2D eigenvalue weighted by atomic mass is 16.5. The predicted octanol–water partition coefficient (Wildman–Crippen LogP) is 2.83. The number of likely N-dealkylation sites (N-methyl/N-ethyl adjacent to an activating group) is 1. The summed E-state index contributed by atoms with van der Waals surface area (Å²) in [4.78, 5) is 34.0. The summed E-state index contributed by atoms with van der Waals surface area (Å²) in [6, 6.07) is 0.976. The maximum Gasteiger partial charge on any atom is 0.321 e. The van der Waals surface area contributed by atoms with E-state index >= 15 is 0 Å². The van der Waals surface area contributed by atoms with Crippen LogP contribution in [0.3, 0.4) is 0 Å². The Hall–Kier alpha value is -3.58. The van der Waals surface area contributed by atoms with Gasteiger partial charge in [-0.1, -0.05) is 23.9 Å². The molecule has 0 aromatic carbocycles. The fraction of sp³-hybridized carbons (Fsp3) is 0.538. The first kappa shape index (κ1) is 25.5. The number of urea groups is 1. The minimum absolute atomic E-state index is 0.151. The summed E-state index contributed by atoms with van der Waals surface area (Å²) in [5, 5.41) is 16.5. The molecule has 0 unspecified atom stereocenters. The summed E-state index contributed by atoms with van der Waals surface area (Å²) in [7, 11) is 1.67. The Morgan fingerprint density at radius 3 is 2.78 bits per heavy atom. The van der Waals surface area contributed by atoms with Crippen molar-refractivity contribution in [3.05, 3.63) is 34.8 Å². The molecular formula is C26H33N5O5. The van der Waals surface area contributed by atoms with Crippen LogP contribution in [0.5, 0.6) is 5.88 Å². The summed E-state index contributed by atoms with van der Waals surface area (Å²) < 4.78 is 11.4. The molecular weight excluding hydrogens is 462 g/mol. The lowest BCUT2D eigenvalue weighted by Gasteiger charge is -2.37. The number of carbonyl (C=O) groups is 2. The smallest absolute Gasteiger partial charge is 0.321 e. The zero-order valence-corrected chi connectivity index (χ0v) is 21.4. The highest BCUT2D eigenvalue weighted by Crippen LogP contribution is 2.29. The van der Waals surface area contributed by atoms with Crippen LogP contribution in [0.1, 0.15) is 54.1 Å². The van der Waals surface area contributed by atoms with Gasteiger partial charge in [0.2, 0.25) is 5.88 Å². The van der Waals surface area contributed by atoms with E-state index < -0.39 is 12.1 Å². The van der Waals surface area contributed by atoms with Gasteiger partial charge in [0.1, 0.15) is 23.0 Å². The number of carbonyl (C=O) groups excluding carboxylic acids is 2. The second-order valence-corrected chi connectivity index (χ2v) is 9.75. The van der Waals surface area contributed by atoms with Gasteiger partial charge in [-0.25, -0.2) is 9.78 Å². The van der Waals surface area contributed by atoms with Crippen LogP contribution in [0.25, 0.3) is 0 Å². The van der Waals surface area contributed by atoms with Crippen molar-refractivity contribution in [1.82, 2.24) is 19.9 Å². The third-order valence-corrected chi connectivity index (χ3v) is 6.58. The van der Waals surface area contributed by atoms with E-state index in [1.54, 1.807) is 45.0 Å². The van der Waals surface area contributed by atoms with Crippen molar-refractivity contribution in [3.8, 4) is 17.7 Å². The zero-order valence-electron chi connectivity index (χ0n) is 21.4. The number of rotatable bonds is 5. The molecule has 2 aliphatic rings. The lowest BCUT2D eigenvalue weighted by Crippen LogP contribution is -2.50. The molecule has 10 heteroatoms. The lowest BCUT2D eigenvalue weighted by molar-refractivity contribution is 0.0356. The molecule has 4 rings (SSSR count). The van der Waals surface area contributed by atoms with Crippen molar-refractivity contribution in [2.45, 2.75) is 52.7 Å². The number of pyridine rings is 1. The first-order valence-electron chi connectivity index (χ1n) is 12.2. The number of hydrogen-bond donors (Lipinski definition) is 2. The maximum absolute atomic E-state index is 13.5. The summed E-state index contributed by atoms with van der Waals surface area (Å²) in [5.74, 6) is 7.02. The van der Waals surface area contributed by atoms with Gasteiger partial charge < -0.3 is 29.5 Å². The van der Waals surface area contributed by atoms with Gasteiger partial charge in [0.25, 0.3) is 5.91 Å². The SMILES string of the molecule is Cc1noc(C)c1NC(=O)N(C)C[C@@H]1Oc2ncc(C#CC3CC3)cc2C(=O)N([C@@H](C)CO)C[C@H]1C. The number of anilines is 1. The van der Waals surface area contributed by atoms with Gasteiger partial charge >= 0.3 is 6.03 Å². The third kappa shape index (κ3) is 5.62. The standard InChI is InChI=1S/C26H33N5O5/c1-15-12-31(16(2)14-32)25(33)21-10-20(9-8-19-6-7-19)11-27-24(21)35-22(15)13-30(5)26(34)28-23-17(3)29-36-18(23)4/h10-11,15-16,19,22,32H,6-7,12-14H2,1-5H3,(H,28,34)/t15-,16+,22+/m1/s1. The second-order valence-electron chi connectivity index (χ2n) is 9.75. The van der Waals surface area contributed by atoms with E-state index in [0.717, 1.165) is 12.8 Å². The van der Waals surface area contributed by atoms with Crippen LogP contribution in [0.4, 0.5) is 10.5 Å². The molecule has 3 atom stereocenters. The van der Waals surface area contributed by atoms with Gasteiger partial charge in [-0.2, -0.15) is 0 Å². The Morgan fingerprint density at radius 1 is 1.39 bits per heavy atom. The number of nitrogens with zero attached hydrogens (tertiary/aromatic N) is 4. The number of aromatic nitrogens is 2. The van der Waals surface area contributed by atoms with E-state index in [4.69, 9.17) is 9.26 Å². The van der Waals surface area contributed by atoms with Crippen molar-refractivity contribution in [1.29, 1.82) is 0 Å². The van der Waals surface area contributed by atoms with Gasteiger partial charge in [0, 0.05) is 37.2 Å². The van der Waals surface area contributed by atoms with Crippen LogP contribution in [0.15, 0.2) is 16.8 Å². The number of nitrogens with one attached hydrogen (secondary N) is 1. The summed E-state index contributed by atoms with van der Waals surface area (Å²) in [6.45, 7) is 7.66. The number of fused-ring (bicyclic) bond motifs is 1. The molecule has 1 aliphatic carbocycles. The average molecular weight is 496 g/mol. The Morgan fingerprint density at radius 2 is 2.14 bits per heavy atom. The minimum Gasteiger partial charge on any atom is -0.472 e. The van der Waals surface area contributed by atoms with Crippen molar-refractivity contribution in [3.63, 3.8) is 0 Å². The molecule has 2 aromatic heterocycles. The van der Waals surface area contributed by atoms with E-state index in [-0.39, 0.29) is 36.9 Å². The molecule has 0 bridgehead atoms. The molecule has 36 heavy (non-hydrogen) atoms. The van der Waals surface area contributed by atoms with Crippen LogP contribution in [-0.4, -0.2) is 75.9 Å². The minimum atomic E-state index is -0.457. The molecule has 1 aliphatic heterocycles. The Balaban J connectivity index is 1.59. The Labute approximate surface area is 211 Å². The Bertz CT molecular complexity index is 1180. The normalized spacial score (nSPS) is 20.3. The quantitative estimate of drug-likeness (QED) is 0.612. The average Bonchev–Trinajstić information content (AvgIpc) is 3.65.